The molecule has 0 unspecified atom stereocenters. The van der Waals surface area contributed by atoms with Gasteiger partial charge in [-0.1, -0.05) is 41.9 Å². The van der Waals surface area contributed by atoms with Crippen LogP contribution in [0.4, 0.5) is 0 Å². The Morgan fingerprint density at radius 1 is 1.03 bits per heavy atom. The smallest absolute Gasteiger partial charge is 0.258 e. The zero-order valence-electron chi connectivity index (χ0n) is 17.7. The van der Waals surface area contributed by atoms with E-state index in [4.69, 9.17) is 21.1 Å². The number of aromatic nitrogens is 4. The molecule has 4 rings (SSSR count). The molecular formula is C23H22ClN5O3. The molecule has 0 fully saturated rings. The first-order valence-electron chi connectivity index (χ1n) is 10.1. The van der Waals surface area contributed by atoms with Gasteiger partial charge in [0.2, 0.25) is 5.88 Å². The SMILES string of the molecule is Cc1cc(OCC(=O)NCCOc2ccc3nnc(-c4ccccc4)n3n2)cc(C)c1Cl. The predicted octanol–water partition coefficient (Wildman–Crippen LogP) is 3.64. The molecule has 2 heterocycles. The fraction of sp³-hybridized carbons (Fsp3) is 0.217. The van der Waals surface area contributed by atoms with E-state index >= 15 is 0 Å². The van der Waals surface area contributed by atoms with Crippen LogP contribution in [0.25, 0.3) is 17.0 Å². The molecule has 9 heteroatoms. The molecule has 0 atom stereocenters. The van der Waals surface area contributed by atoms with Crippen LogP contribution >= 0.6 is 11.6 Å². The van der Waals surface area contributed by atoms with E-state index in [-0.39, 0.29) is 19.1 Å². The summed E-state index contributed by atoms with van der Waals surface area (Å²) in [6.45, 7) is 4.27. The lowest BCUT2D eigenvalue weighted by Gasteiger charge is -2.11. The largest absolute Gasteiger partial charge is 0.484 e. The van der Waals surface area contributed by atoms with Gasteiger partial charge in [0.1, 0.15) is 12.4 Å². The lowest BCUT2D eigenvalue weighted by atomic mass is 10.1. The first kappa shape index (κ1) is 21.6. The zero-order valence-corrected chi connectivity index (χ0v) is 18.5. The number of halogens is 1. The van der Waals surface area contributed by atoms with E-state index in [0.717, 1.165) is 16.7 Å². The normalized spacial score (nSPS) is 10.8. The second kappa shape index (κ2) is 9.65. The standard InChI is InChI=1S/C23H22ClN5O3/c1-15-12-18(13-16(2)22(15)24)32-14-20(30)25-10-11-31-21-9-8-19-26-27-23(29(19)28-21)17-6-4-3-5-7-17/h3-9,12-13H,10-11,14H2,1-2H3,(H,25,30). The number of ether oxygens (including phenoxy) is 2. The van der Waals surface area contributed by atoms with E-state index in [0.29, 0.717) is 34.7 Å². The van der Waals surface area contributed by atoms with Gasteiger partial charge < -0.3 is 14.8 Å². The minimum atomic E-state index is -0.243. The van der Waals surface area contributed by atoms with Crippen LogP contribution in [0.2, 0.25) is 5.02 Å². The van der Waals surface area contributed by atoms with Gasteiger partial charge >= 0.3 is 0 Å². The molecule has 0 aliphatic carbocycles. The molecule has 8 nitrogen and oxygen atoms in total. The Labute approximate surface area is 190 Å². The van der Waals surface area contributed by atoms with Crippen molar-refractivity contribution in [2.45, 2.75) is 13.8 Å². The summed E-state index contributed by atoms with van der Waals surface area (Å²) in [6, 6.07) is 16.8. The summed E-state index contributed by atoms with van der Waals surface area (Å²) in [5.74, 6) is 1.40. The van der Waals surface area contributed by atoms with E-state index < -0.39 is 0 Å². The Balaban J connectivity index is 1.28. The number of carbonyl (C=O) groups excluding carboxylic acids is 1. The van der Waals surface area contributed by atoms with E-state index in [2.05, 4.69) is 20.6 Å². The van der Waals surface area contributed by atoms with E-state index in [1.807, 2.05) is 56.3 Å². The highest BCUT2D eigenvalue weighted by atomic mass is 35.5. The minimum absolute atomic E-state index is 0.0914. The molecule has 0 saturated carbocycles. The maximum Gasteiger partial charge on any atom is 0.258 e. The molecule has 0 bridgehead atoms. The van der Waals surface area contributed by atoms with E-state index in [1.165, 1.54) is 0 Å². The van der Waals surface area contributed by atoms with E-state index in [9.17, 15) is 4.79 Å². The monoisotopic (exact) mass is 451 g/mol. The third kappa shape index (κ3) is 4.97. The summed E-state index contributed by atoms with van der Waals surface area (Å²) in [7, 11) is 0. The number of hydrogen-bond donors (Lipinski definition) is 1. The molecule has 1 N–H and O–H groups in total. The van der Waals surface area contributed by atoms with Crippen LogP contribution in [0, 0.1) is 13.8 Å². The summed E-state index contributed by atoms with van der Waals surface area (Å²) >= 11 is 6.15. The first-order valence-corrected chi connectivity index (χ1v) is 10.5. The van der Waals surface area contributed by atoms with Gasteiger partial charge in [0.05, 0.1) is 6.54 Å². The Morgan fingerprint density at radius 3 is 2.53 bits per heavy atom. The van der Waals surface area contributed by atoms with Gasteiger partial charge in [-0.25, -0.2) is 0 Å². The number of rotatable bonds is 8. The maximum absolute atomic E-state index is 12.1. The Morgan fingerprint density at radius 2 is 1.78 bits per heavy atom. The molecule has 0 aliphatic rings. The highest BCUT2D eigenvalue weighted by molar-refractivity contribution is 6.32. The van der Waals surface area contributed by atoms with Crippen molar-refractivity contribution >= 4 is 23.2 Å². The first-order chi connectivity index (χ1) is 15.5. The van der Waals surface area contributed by atoms with Crippen LogP contribution in [-0.4, -0.2) is 45.5 Å². The lowest BCUT2D eigenvalue weighted by Crippen LogP contribution is -2.32. The van der Waals surface area contributed by atoms with Crippen LogP contribution < -0.4 is 14.8 Å². The third-order valence-electron chi connectivity index (χ3n) is 4.72. The van der Waals surface area contributed by atoms with Gasteiger partial charge in [-0.05, 0) is 43.2 Å². The number of hydrogen-bond acceptors (Lipinski definition) is 6. The zero-order chi connectivity index (χ0) is 22.5. The predicted molar refractivity (Wildman–Crippen MR) is 121 cm³/mol. The van der Waals surface area contributed by atoms with Crippen molar-refractivity contribution < 1.29 is 14.3 Å². The average molecular weight is 452 g/mol. The number of fused-ring (bicyclic) bond motifs is 1. The summed E-state index contributed by atoms with van der Waals surface area (Å²) in [4.78, 5) is 12.1. The molecule has 0 saturated heterocycles. The van der Waals surface area contributed by atoms with Crippen LogP contribution in [0.15, 0.2) is 54.6 Å². The molecule has 4 aromatic rings. The van der Waals surface area contributed by atoms with Crippen molar-refractivity contribution in [3.63, 3.8) is 0 Å². The molecule has 2 aromatic carbocycles. The quantitative estimate of drug-likeness (QED) is 0.411. The number of nitrogens with zero attached hydrogens (tertiary/aromatic N) is 4. The van der Waals surface area contributed by atoms with Gasteiger partial charge in [-0.3, -0.25) is 4.79 Å². The molecule has 32 heavy (non-hydrogen) atoms. The molecular weight excluding hydrogens is 430 g/mol. The van der Waals surface area contributed by atoms with Gasteiger partial charge in [-0.2, -0.15) is 4.52 Å². The van der Waals surface area contributed by atoms with Crippen molar-refractivity contribution in [2.24, 2.45) is 0 Å². The number of amides is 1. The Kier molecular flexibility index (Phi) is 6.51. The number of aryl methyl sites for hydroxylation is 2. The number of benzene rings is 2. The maximum atomic E-state index is 12.1. The second-order valence-electron chi connectivity index (χ2n) is 7.19. The van der Waals surface area contributed by atoms with Crippen molar-refractivity contribution in [3.05, 3.63) is 70.7 Å². The van der Waals surface area contributed by atoms with Gasteiger partial charge in [0.25, 0.3) is 5.91 Å². The molecule has 1 amide bonds. The van der Waals surface area contributed by atoms with Gasteiger partial charge in [0.15, 0.2) is 18.1 Å². The van der Waals surface area contributed by atoms with Crippen LogP contribution in [0.5, 0.6) is 11.6 Å². The fourth-order valence-corrected chi connectivity index (χ4v) is 3.26. The van der Waals surface area contributed by atoms with Gasteiger partial charge in [-0.15, -0.1) is 15.3 Å². The van der Waals surface area contributed by atoms with Crippen molar-refractivity contribution in [1.29, 1.82) is 0 Å². The second-order valence-corrected chi connectivity index (χ2v) is 7.57. The topological polar surface area (TPSA) is 90.6 Å². The number of nitrogens with one attached hydrogen (secondary N) is 1. The van der Waals surface area contributed by atoms with Crippen molar-refractivity contribution in [3.8, 4) is 23.0 Å². The minimum Gasteiger partial charge on any atom is -0.484 e. The summed E-state index contributed by atoms with van der Waals surface area (Å²) in [6.07, 6.45) is 0. The van der Waals surface area contributed by atoms with Crippen molar-refractivity contribution in [2.75, 3.05) is 19.8 Å². The third-order valence-corrected chi connectivity index (χ3v) is 5.32. The lowest BCUT2D eigenvalue weighted by molar-refractivity contribution is -0.123. The Bertz CT molecular complexity index is 1220. The fourth-order valence-electron chi connectivity index (χ4n) is 3.15. The van der Waals surface area contributed by atoms with E-state index in [1.54, 1.807) is 16.6 Å². The highest BCUT2D eigenvalue weighted by Crippen LogP contribution is 2.25. The molecule has 0 spiro atoms. The molecule has 2 aromatic heterocycles. The molecule has 0 radical (unpaired) electrons. The van der Waals surface area contributed by atoms with Crippen LogP contribution in [0.1, 0.15) is 11.1 Å². The molecule has 164 valence electrons. The summed E-state index contributed by atoms with van der Waals surface area (Å²) in [5, 5.41) is 16.2. The van der Waals surface area contributed by atoms with Crippen LogP contribution in [0.3, 0.4) is 0 Å². The highest BCUT2D eigenvalue weighted by Gasteiger charge is 2.10. The Hall–Kier alpha value is -3.65. The number of carbonyl (C=O) groups is 1. The van der Waals surface area contributed by atoms with Gasteiger partial charge in [0, 0.05) is 16.7 Å². The van der Waals surface area contributed by atoms with Crippen LogP contribution in [-0.2, 0) is 4.79 Å². The van der Waals surface area contributed by atoms with Crippen molar-refractivity contribution in [1.82, 2.24) is 25.1 Å². The summed E-state index contributed by atoms with van der Waals surface area (Å²) < 4.78 is 12.9. The molecule has 0 aliphatic heterocycles. The average Bonchev–Trinajstić information content (AvgIpc) is 3.22. The summed E-state index contributed by atoms with van der Waals surface area (Å²) in [5.41, 5.74) is 3.34.